The van der Waals surface area contributed by atoms with Gasteiger partial charge in [-0.25, -0.2) is 13.1 Å². The van der Waals surface area contributed by atoms with E-state index in [1.165, 1.54) is 0 Å². The first-order valence-electron chi connectivity index (χ1n) is 7.16. The molecular formula is C13H24N4O2S. The molecule has 0 saturated heterocycles. The molecule has 1 aliphatic carbocycles. The lowest BCUT2D eigenvalue weighted by Gasteiger charge is -2.25. The molecule has 1 aromatic heterocycles. The molecule has 1 aliphatic rings. The third-order valence-corrected chi connectivity index (χ3v) is 5.70. The Morgan fingerprint density at radius 3 is 2.60 bits per heavy atom. The normalized spacial score (nSPS) is 18.6. The van der Waals surface area contributed by atoms with Crippen LogP contribution in [-0.4, -0.2) is 30.7 Å². The molecule has 1 saturated carbocycles. The molecule has 20 heavy (non-hydrogen) atoms. The number of aryl methyl sites for hydroxylation is 1. The number of nitrogens with one attached hydrogen (secondary N) is 3. The minimum atomic E-state index is -3.53. The Labute approximate surface area is 120 Å². The smallest absolute Gasteiger partial charge is 0.244 e. The predicted octanol–water partition coefficient (Wildman–Crippen LogP) is 1.44. The summed E-state index contributed by atoms with van der Waals surface area (Å²) >= 11 is 0. The maximum absolute atomic E-state index is 12.7. The van der Waals surface area contributed by atoms with Gasteiger partial charge in [-0.15, -0.1) is 0 Å². The fraction of sp³-hybridized carbons (Fsp3) is 0.769. The highest BCUT2D eigenvalue weighted by Crippen LogP contribution is 2.31. The largest absolute Gasteiger partial charge is 0.311 e. The number of hydrogen-bond acceptors (Lipinski definition) is 4. The number of H-pyrrole nitrogens is 1. The van der Waals surface area contributed by atoms with Crippen molar-refractivity contribution in [1.29, 1.82) is 0 Å². The second-order valence-electron chi connectivity index (χ2n) is 5.78. The second kappa shape index (κ2) is 5.83. The number of hydrogen-bond donors (Lipinski definition) is 3. The van der Waals surface area contributed by atoms with Gasteiger partial charge in [-0.2, -0.15) is 5.10 Å². The van der Waals surface area contributed by atoms with E-state index >= 15 is 0 Å². The SMILES string of the molecule is CCNCc1n[nH]c(C)c1S(=O)(=O)NC1(C)CCCC1. The van der Waals surface area contributed by atoms with Crippen LogP contribution >= 0.6 is 0 Å². The number of aromatic amines is 1. The van der Waals surface area contributed by atoms with Crippen molar-refractivity contribution in [1.82, 2.24) is 20.2 Å². The molecule has 1 fully saturated rings. The Hall–Kier alpha value is -0.920. The Morgan fingerprint density at radius 2 is 2.00 bits per heavy atom. The van der Waals surface area contributed by atoms with Crippen molar-refractivity contribution < 1.29 is 8.42 Å². The van der Waals surface area contributed by atoms with Crippen molar-refractivity contribution in [3.8, 4) is 0 Å². The van der Waals surface area contributed by atoms with Gasteiger partial charge in [0.05, 0.1) is 11.4 Å². The molecule has 2 rings (SSSR count). The van der Waals surface area contributed by atoms with Crippen molar-refractivity contribution in [3.05, 3.63) is 11.4 Å². The van der Waals surface area contributed by atoms with Gasteiger partial charge in [0.1, 0.15) is 4.90 Å². The van der Waals surface area contributed by atoms with Crippen molar-refractivity contribution in [2.75, 3.05) is 6.54 Å². The van der Waals surface area contributed by atoms with Crippen molar-refractivity contribution >= 4 is 10.0 Å². The van der Waals surface area contributed by atoms with Crippen LogP contribution in [-0.2, 0) is 16.6 Å². The second-order valence-corrected chi connectivity index (χ2v) is 7.40. The Kier molecular flexibility index (Phi) is 4.51. The van der Waals surface area contributed by atoms with E-state index in [4.69, 9.17) is 0 Å². The summed E-state index contributed by atoms with van der Waals surface area (Å²) in [6.07, 6.45) is 3.94. The lowest BCUT2D eigenvalue weighted by atomic mass is 10.0. The van der Waals surface area contributed by atoms with Crippen molar-refractivity contribution in [3.63, 3.8) is 0 Å². The van der Waals surface area contributed by atoms with E-state index in [0.717, 1.165) is 32.2 Å². The Bertz CT molecular complexity index is 559. The van der Waals surface area contributed by atoms with E-state index in [2.05, 4.69) is 20.2 Å². The third kappa shape index (κ3) is 3.21. The van der Waals surface area contributed by atoms with Crippen LogP contribution in [0, 0.1) is 6.92 Å². The Balaban J connectivity index is 2.26. The molecule has 0 bridgehead atoms. The summed E-state index contributed by atoms with van der Waals surface area (Å²) in [4.78, 5) is 0.298. The third-order valence-electron chi connectivity index (χ3n) is 3.86. The first-order chi connectivity index (χ1) is 9.38. The molecule has 0 aliphatic heterocycles. The average molecular weight is 300 g/mol. The van der Waals surface area contributed by atoms with Gasteiger partial charge in [0, 0.05) is 12.1 Å². The molecule has 0 spiro atoms. The zero-order valence-corrected chi connectivity index (χ0v) is 13.2. The zero-order valence-electron chi connectivity index (χ0n) is 12.4. The van der Waals surface area contributed by atoms with Crippen molar-refractivity contribution in [2.24, 2.45) is 0 Å². The topological polar surface area (TPSA) is 86.9 Å². The maximum atomic E-state index is 12.7. The van der Waals surface area contributed by atoms with Gasteiger partial charge in [0.25, 0.3) is 0 Å². The van der Waals surface area contributed by atoms with Gasteiger partial charge in [0.2, 0.25) is 10.0 Å². The number of sulfonamides is 1. The molecule has 1 heterocycles. The lowest BCUT2D eigenvalue weighted by molar-refractivity contribution is 0.427. The van der Waals surface area contributed by atoms with Gasteiger partial charge >= 0.3 is 0 Å². The molecule has 0 aromatic carbocycles. The minimum Gasteiger partial charge on any atom is -0.311 e. The van der Waals surface area contributed by atoms with E-state index < -0.39 is 10.0 Å². The van der Waals surface area contributed by atoms with Crippen LogP contribution in [0.15, 0.2) is 4.90 Å². The molecule has 7 heteroatoms. The first kappa shape index (κ1) is 15.5. The Morgan fingerprint density at radius 1 is 1.35 bits per heavy atom. The summed E-state index contributed by atoms with van der Waals surface area (Å²) in [5, 5.41) is 10.0. The molecule has 0 radical (unpaired) electrons. The van der Waals surface area contributed by atoms with Crippen LogP contribution in [0.3, 0.4) is 0 Å². The quantitative estimate of drug-likeness (QED) is 0.742. The minimum absolute atomic E-state index is 0.298. The van der Waals surface area contributed by atoms with Gasteiger partial charge in [-0.3, -0.25) is 5.10 Å². The molecule has 6 nitrogen and oxygen atoms in total. The van der Waals surface area contributed by atoms with E-state index in [-0.39, 0.29) is 5.54 Å². The molecule has 0 atom stereocenters. The van der Waals surface area contributed by atoms with Gasteiger partial charge in [-0.05, 0) is 33.2 Å². The predicted molar refractivity (Wildman–Crippen MR) is 77.9 cm³/mol. The molecule has 0 amide bonds. The molecule has 3 N–H and O–H groups in total. The van der Waals surface area contributed by atoms with Crippen LogP contribution in [0.25, 0.3) is 0 Å². The summed E-state index contributed by atoms with van der Waals surface area (Å²) in [5.74, 6) is 0. The molecular weight excluding hydrogens is 276 g/mol. The van der Waals surface area contributed by atoms with Gasteiger partial charge in [-0.1, -0.05) is 19.8 Å². The average Bonchev–Trinajstić information content (AvgIpc) is 2.92. The van der Waals surface area contributed by atoms with E-state index in [1.807, 2.05) is 13.8 Å². The van der Waals surface area contributed by atoms with E-state index in [0.29, 0.717) is 22.8 Å². The van der Waals surface area contributed by atoms with Crippen molar-refractivity contribution in [2.45, 2.75) is 63.4 Å². The number of nitrogens with zero attached hydrogens (tertiary/aromatic N) is 1. The molecule has 1 aromatic rings. The highest BCUT2D eigenvalue weighted by atomic mass is 32.2. The molecule has 0 unspecified atom stereocenters. The summed E-state index contributed by atoms with van der Waals surface area (Å²) in [6, 6.07) is 0. The van der Waals surface area contributed by atoms with Crippen LogP contribution in [0.2, 0.25) is 0 Å². The van der Waals surface area contributed by atoms with E-state index in [9.17, 15) is 8.42 Å². The first-order valence-corrected chi connectivity index (χ1v) is 8.65. The van der Waals surface area contributed by atoms with Crippen LogP contribution < -0.4 is 10.0 Å². The van der Waals surface area contributed by atoms with Crippen LogP contribution in [0.5, 0.6) is 0 Å². The summed E-state index contributed by atoms with van der Waals surface area (Å²) < 4.78 is 28.2. The van der Waals surface area contributed by atoms with Gasteiger partial charge in [0.15, 0.2) is 0 Å². The zero-order chi connectivity index (χ0) is 14.8. The number of aromatic nitrogens is 2. The monoisotopic (exact) mass is 300 g/mol. The lowest BCUT2D eigenvalue weighted by Crippen LogP contribution is -2.43. The highest BCUT2D eigenvalue weighted by molar-refractivity contribution is 7.89. The van der Waals surface area contributed by atoms with Gasteiger partial charge < -0.3 is 5.32 Å². The summed E-state index contributed by atoms with van der Waals surface area (Å²) in [7, 11) is -3.53. The van der Waals surface area contributed by atoms with E-state index in [1.54, 1.807) is 6.92 Å². The fourth-order valence-corrected chi connectivity index (χ4v) is 4.65. The van der Waals surface area contributed by atoms with Crippen LogP contribution in [0.1, 0.15) is 50.9 Å². The summed E-state index contributed by atoms with van der Waals surface area (Å²) in [6.45, 7) is 6.93. The highest BCUT2D eigenvalue weighted by Gasteiger charge is 2.35. The fourth-order valence-electron chi connectivity index (χ4n) is 2.82. The number of rotatable bonds is 6. The standard InChI is InChI=1S/C13H24N4O2S/c1-4-14-9-11-12(10(2)15-16-11)20(18,19)17-13(3)7-5-6-8-13/h14,17H,4-9H2,1-3H3,(H,15,16). The van der Waals surface area contributed by atoms with Crippen LogP contribution in [0.4, 0.5) is 0 Å². The maximum Gasteiger partial charge on any atom is 0.244 e. The summed E-state index contributed by atoms with van der Waals surface area (Å²) in [5.41, 5.74) is 0.823. The molecule has 114 valence electrons.